The number of allylic oxidation sites excluding steroid dienone is 1. The zero-order valence-corrected chi connectivity index (χ0v) is 33.1. The number of carbonyl (C=O) groups excluding carboxylic acids is 4. The fourth-order valence-electron chi connectivity index (χ4n) is 7.19. The third-order valence-corrected chi connectivity index (χ3v) is 10.4. The lowest BCUT2D eigenvalue weighted by Crippen LogP contribution is -2.78. The number of carboxylic acids is 1. The predicted molar refractivity (Wildman–Crippen MR) is 198 cm³/mol. The van der Waals surface area contributed by atoms with Crippen LogP contribution in [-0.4, -0.2) is 100 Å². The highest BCUT2D eigenvalue weighted by atomic mass is 16.8. The van der Waals surface area contributed by atoms with Gasteiger partial charge in [-0.1, -0.05) is 91.0 Å². The fourth-order valence-corrected chi connectivity index (χ4v) is 7.19. The number of aliphatic hydroxyl groups excluding tert-OH is 1. The summed E-state index contributed by atoms with van der Waals surface area (Å²) in [6.07, 6.45) is -3.41. The number of carboxylic acid groups (broad SMARTS) is 1. The lowest BCUT2D eigenvalue weighted by molar-refractivity contribution is -0.374. The number of aliphatic carboxylic acids is 1. The lowest BCUT2D eigenvalue weighted by Gasteiger charge is -2.49. The van der Waals surface area contributed by atoms with Crippen LogP contribution >= 0.6 is 0 Å². The summed E-state index contributed by atoms with van der Waals surface area (Å²) < 4.78 is 33.5. The molecular weight excluding hydrogens is 716 g/mol. The number of carbonyl (C=O) groups is 5. The summed E-state index contributed by atoms with van der Waals surface area (Å²) in [6.45, 7) is 16.7. The van der Waals surface area contributed by atoms with Gasteiger partial charge >= 0.3 is 29.8 Å². The van der Waals surface area contributed by atoms with Crippen molar-refractivity contribution in [2.45, 2.75) is 128 Å². The molecule has 2 saturated heterocycles. The molecule has 2 bridgehead atoms. The monoisotopic (exact) mass is 774 g/mol. The van der Waals surface area contributed by atoms with Gasteiger partial charge < -0.3 is 43.7 Å². The summed E-state index contributed by atoms with van der Waals surface area (Å²) in [5.74, 6) is -9.32. The highest BCUT2D eigenvalue weighted by Gasteiger charge is 2.86. The smallest absolute Gasteiger partial charge is 0.345 e. The Hall–Kier alpha value is -4.11. The molecule has 3 rings (SSSR count). The van der Waals surface area contributed by atoms with Crippen molar-refractivity contribution in [1.29, 1.82) is 0 Å². The van der Waals surface area contributed by atoms with Gasteiger partial charge in [0.2, 0.25) is 23.1 Å². The highest BCUT2D eigenvalue weighted by molar-refractivity contribution is 5.99. The van der Waals surface area contributed by atoms with Crippen LogP contribution in [0.5, 0.6) is 0 Å². The molecule has 0 radical (unpaired) electrons. The van der Waals surface area contributed by atoms with Gasteiger partial charge in [0.05, 0.1) is 13.7 Å². The van der Waals surface area contributed by atoms with Crippen LogP contribution in [0, 0.1) is 23.7 Å². The van der Waals surface area contributed by atoms with Crippen LogP contribution in [0.15, 0.2) is 54.6 Å². The van der Waals surface area contributed by atoms with Crippen LogP contribution in [0.1, 0.15) is 86.1 Å². The van der Waals surface area contributed by atoms with Crippen molar-refractivity contribution in [1.82, 2.24) is 0 Å². The van der Waals surface area contributed by atoms with Crippen molar-refractivity contribution in [2.75, 3.05) is 13.7 Å². The first-order chi connectivity index (χ1) is 25.8. The molecule has 2 aliphatic heterocycles. The molecule has 3 N–H and O–H groups in total. The Balaban J connectivity index is 2.11. The van der Waals surface area contributed by atoms with Gasteiger partial charge in [-0.2, -0.15) is 0 Å². The van der Waals surface area contributed by atoms with E-state index < -0.39 is 77.7 Å². The molecule has 5 unspecified atom stereocenters. The van der Waals surface area contributed by atoms with E-state index in [1.165, 1.54) is 6.92 Å². The Morgan fingerprint density at radius 3 is 2.27 bits per heavy atom. The molecule has 0 aromatic heterocycles. The number of aliphatic hydroxyl groups is 2. The van der Waals surface area contributed by atoms with E-state index in [4.69, 9.17) is 28.4 Å². The summed E-state index contributed by atoms with van der Waals surface area (Å²) in [5, 5.41) is 35.1. The van der Waals surface area contributed by atoms with Crippen LogP contribution in [0.25, 0.3) is 0 Å². The van der Waals surface area contributed by atoms with Gasteiger partial charge in [-0.3, -0.25) is 4.79 Å². The van der Waals surface area contributed by atoms with Crippen molar-refractivity contribution in [2.24, 2.45) is 23.7 Å². The third kappa shape index (κ3) is 10.0. The van der Waals surface area contributed by atoms with Crippen LogP contribution in [0.3, 0.4) is 0 Å². The van der Waals surface area contributed by atoms with E-state index in [1.807, 2.05) is 65.0 Å². The molecule has 2 aliphatic rings. The molecule has 1 aromatic carbocycles. The number of methoxy groups -OCH3 is 1. The molecular formula is C41H58O14. The first kappa shape index (κ1) is 45.3. The van der Waals surface area contributed by atoms with E-state index in [1.54, 1.807) is 6.08 Å². The molecule has 2 heterocycles. The highest BCUT2D eigenvalue weighted by Crippen LogP contribution is 2.56. The molecule has 14 nitrogen and oxygen atoms in total. The maximum Gasteiger partial charge on any atom is 0.345 e. The van der Waals surface area contributed by atoms with Crippen molar-refractivity contribution in [3.05, 3.63) is 60.2 Å². The predicted octanol–water partition coefficient (Wildman–Crippen LogP) is 4.48. The van der Waals surface area contributed by atoms with E-state index in [2.05, 4.69) is 13.5 Å². The Morgan fingerprint density at radius 2 is 1.71 bits per heavy atom. The second kappa shape index (κ2) is 19.2. The van der Waals surface area contributed by atoms with E-state index in [0.717, 1.165) is 31.6 Å². The van der Waals surface area contributed by atoms with Gasteiger partial charge in [0, 0.05) is 25.3 Å². The topological polar surface area (TPSA) is 201 Å². The Kier molecular flexibility index (Phi) is 15.8. The number of hydrogen-bond acceptors (Lipinski definition) is 13. The number of hydrogen-bond donors (Lipinski definition) is 3. The first-order valence-electron chi connectivity index (χ1n) is 18.8. The Morgan fingerprint density at radius 1 is 1.05 bits per heavy atom. The van der Waals surface area contributed by atoms with Crippen molar-refractivity contribution >= 4 is 29.8 Å². The average Bonchev–Trinajstić information content (AvgIpc) is 3.35. The number of fused-ring (bicyclic) bond motifs is 2. The summed E-state index contributed by atoms with van der Waals surface area (Å²) in [5.41, 5.74) is -5.63. The van der Waals surface area contributed by atoms with Crippen LogP contribution < -0.4 is 0 Å². The van der Waals surface area contributed by atoms with Gasteiger partial charge in [0.1, 0.15) is 12.2 Å². The second-order valence-electron chi connectivity index (χ2n) is 15.3. The minimum atomic E-state index is -3.55. The van der Waals surface area contributed by atoms with E-state index in [-0.39, 0.29) is 30.8 Å². The van der Waals surface area contributed by atoms with Crippen molar-refractivity contribution < 1.29 is 67.7 Å². The molecule has 0 spiro atoms. The quantitative estimate of drug-likeness (QED) is 0.0725. The molecule has 55 heavy (non-hydrogen) atoms. The summed E-state index contributed by atoms with van der Waals surface area (Å²) in [7, 11) is 0.836. The SMILES string of the molecule is C=C(CCC12OC(C(=O)OCCC(C)C)C(O)(C(=O)OC)C(C(=O)O)(O1)[C@@H](OC(=O)/C=C/[C@@H](C)C[C@@H](C)CC)[C@H]2O)C(OC(C)=O)[C@H](C)Cc1ccccc1. The van der Waals surface area contributed by atoms with E-state index >= 15 is 0 Å². The van der Waals surface area contributed by atoms with Crippen LogP contribution in [0.4, 0.5) is 0 Å². The van der Waals surface area contributed by atoms with Crippen LogP contribution in [-0.2, 0) is 58.8 Å². The zero-order valence-electron chi connectivity index (χ0n) is 33.1. The van der Waals surface area contributed by atoms with Gasteiger partial charge in [-0.15, -0.1) is 0 Å². The Labute approximate surface area is 323 Å². The van der Waals surface area contributed by atoms with Gasteiger partial charge in [0.15, 0.2) is 6.10 Å². The fraction of sp³-hybridized carbons (Fsp3) is 0.634. The van der Waals surface area contributed by atoms with Crippen LogP contribution in [0.2, 0.25) is 0 Å². The number of ether oxygens (including phenoxy) is 6. The van der Waals surface area contributed by atoms with Gasteiger partial charge in [0.25, 0.3) is 0 Å². The number of rotatable bonds is 20. The molecule has 306 valence electrons. The molecule has 0 saturated carbocycles. The molecule has 1 aromatic rings. The summed E-state index contributed by atoms with van der Waals surface area (Å²) >= 11 is 0. The average molecular weight is 775 g/mol. The van der Waals surface area contributed by atoms with Crippen molar-refractivity contribution in [3.63, 3.8) is 0 Å². The zero-order chi connectivity index (χ0) is 41.3. The number of benzene rings is 1. The molecule has 0 amide bonds. The minimum absolute atomic E-state index is 0.0721. The lowest BCUT2D eigenvalue weighted by atomic mass is 9.74. The molecule has 2 fully saturated rings. The molecule has 14 heteroatoms. The summed E-state index contributed by atoms with van der Waals surface area (Å²) in [6, 6.07) is 9.44. The molecule has 0 aliphatic carbocycles. The summed E-state index contributed by atoms with van der Waals surface area (Å²) in [4.78, 5) is 66.4. The van der Waals surface area contributed by atoms with E-state index in [9.17, 15) is 39.3 Å². The molecule has 10 atom stereocenters. The second-order valence-corrected chi connectivity index (χ2v) is 15.3. The third-order valence-electron chi connectivity index (χ3n) is 10.4. The minimum Gasteiger partial charge on any atom is -0.479 e. The first-order valence-corrected chi connectivity index (χ1v) is 18.8. The van der Waals surface area contributed by atoms with Gasteiger partial charge in [-0.25, -0.2) is 19.2 Å². The maximum atomic E-state index is 13.8. The van der Waals surface area contributed by atoms with Crippen molar-refractivity contribution in [3.8, 4) is 0 Å². The van der Waals surface area contributed by atoms with E-state index in [0.29, 0.717) is 24.3 Å². The standard InChI is InChI=1S/C41H58O14/c1-10-25(4)22-26(5)16-17-31(43)53-34-33(44)39(20-18-27(6)32(52-29(8)42)28(7)23-30-14-12-11-13-15-30)54-35(36(45)51-21-19-24(2)3)40(49,38(48)50-9)41(34,55-39)37(46)47/h11-17,24-26,28,32-35,44,49H,6,10,18-23H2,1-5,7-9H3,(H,46,47)/b17-16+/t25-,26+,28+,32?,33+,34-,35?,39?,40?,41?/m0/s1. The normalized spacial score (nSPS) is 28.2. The number of esters is 4. The van der Waals surface area contributed by atoms with Gasteiger partial charge in [-0.05, 0) is 54.6 Å². The largest absolute Gasteiger partial charge is 0.479 e. The maximum absolute atomic E-state index is 13.8. The Bertz CT molecular complexity index is 1560.